The molecule has 0 amide bonds. The highest BCUT2D eigenvalue weighted by Crippen LogP contribution is 2.49. The number of benzene rings is 7. The quantitative estimate of drug-likeness (QED) is 0.164. The van der Waals surface area contributed by atoms with Crippen LogP contribution in [0.3, 0.4) is 0 Å². The predicted octanol–water partition coefficient (Wildman–Crippen LogP) is 10.9. The van der Waals surface area contributed by atoms with E-state index < -0.39 is 0 Å². The molecule has 0 aromatic heterocycles. The summed E-state index contributed by atoms with van der Waals surface area (Å²) in [5.74, 6) is 0. The van der Waals surface area contributed by atoms with E-state index in [1.165, 1.54) is 81.0 Å². The average molecular weight is 478 g/mol. The second kappa shape index (κ2) is 6.97. The maximum Gasteiger partial charge on any atom is 0.187 e. The van der Waals surface area contributed by atoms with Gasteiger partial charge >= 0.3 is 0 Å². The fourth-order valence-electron chi connectivity index (χ4n) is 7.01. The summed E-state index contributed by atoms with van der Waals surface area (Å²) in [6.07, 6.45) is 0. The molecule has 0 unspecified atom stereocenters. The average Bonchev–Trinajstić information content (AvgIpc) is 3.47. The van der Waals surface area contributed by atoms with Crippen molar-refractivity contribution in [3.63, 3.8) is 0 Å². The van der Waals surface area contributed by atoms with Gasteiger partial charge < -0.3 is 0 Å². The van der Waals surface area contributed by atoms with E-state index in [4.69, 9.17) is 6.57 Å². The van der Waals surface area contributed by atoms with E-state index >= 15 is 0 Å². The Hall–Kier alpha value is -5.19. The maximum absolute atomic E-state index is 7.38. The maximum atomic E-state index is 7.38. The lowest BCUT2D eigenvalue weighted by molar-refractivity contribution is 1.69. The first-order valence-corrected chi connectivity index (χ1v) is 13.0. The summed E-state index contributed by atoms with van der Waals surface area (Å²) in [6.45, 7) is 7.38. The van der Waals surface area contributed by atoms with E-state index in [1.807, 2.05) is 12.1 Å². The summed E-state index contributed by atoms with van der Waals surface area (Å²) < 4.78 is 0. The minimum absolute atomic E-state index is 0.668. The smallest absolute Gasteiger partial charge is 0.187 e. The lowest BCUT2D eigenvalue weighted by Gasteiger charge is -2.14. The molecule has 0 radical (unpaired) electrons. The Labute approximate surface area is 218 Å². The molecule has 0 spiro atoms. The van der Waals surface area contributed by atoms with Gasteiger partial charge in [-0.15, -0.1) is 0 Å². The molecule has 1 nitrogen and oxygen atoms in total. The lowest BCUT2D eigenvalue weighted by Crippen LogP contribution is -1.86. The number of rotatable bonds is 1. The Balaban J connectivity index is 1.53. The first-order valence-electron chi connectivity index (χ1n) is 13.0. The lowest BCUT2D eigenvalue weighted by atomic mass is 9.89. The third-order valence-corrected chi connectivity index (χ3v) is 8.54. The summed E-state index contributed by atoms with van der Waals surface area (Å²) in [7, 11) is 0. The van der Waals surface area contributed by atoms with E-state index in [-0.39, 0.29) is 0 Å². The Kier molecular flexibility index (Phi) is 3.66. The molecule has 9 rings (SSSR count). The Morgan fingerprint density at radius 2 is 0.895 bits per heavy atom. The molecule has 0 aliphatic heterocycles. The second-order valence-corrected chi connectivity index (χ2v) is 10.3. The zero-order chi connectivity index (χ0) is 25.0. The van der Waals surface area contributed by atoms with Crippen LogP contribution in [0.25, 0.3) is 91.4 Å². The molecule has 0 N–H and O–H groups in total. The first-order chi connectivity index (χ1) is 18.8. The van der Waals surface area contributed by atoms with Crippen LogP contribution >= 0.6 is 0 Å². The van der Waals surface area contributed by atoms with Gasteiger partial charge in [-0.1, -0.05) is 103 Å². The molecule has 0 heterocycles. The van der Waals surface area contributed by atoms with Gasteiger partial charge in [-0.25, -0.2) is 4.85 Å². The van der Waals surface area contributed by atoms with Crippen LogP contribution in [0.15, 0.2) is 115 Å². The van der Waals surface area contributed by atoms with Crippen LogP contribution in [0.4, 0.5) is 5.69 Å². The third kappa shape index (κ3) is 2.36. The molecule has 172 valence electrons. The molecule has 38 heavy (non-hydrogen) atoms. The minimum atomic E-state index is 0.668. The Morgan fingerprint density at radius 1 is 0.395 bits per heavy atom. The van der Waals surface area contributed by atoms with Crippen LogP contribution in [-0.4, -0.2) is 0 Å². The van der Waals surface area contributed by atoms with Crippen LogP contribution in [0, 0.1) is 6.57 Å². The zero-order valence-electron chi connectivity index (χ0n) is 20.4. The Morgan fingerprint density at radius 3 is 1.61 bits per heavy atom. The van der Waals surface area contributed by atoms with Crippen molar-refractivity contribution >= 4 is 81.1 Å². The normalized spacial score (nSPS) is 12.2. The van der Waals surface area contributed by atoms with Crippen molar-refractivity contribution in [2.75, 3.05) is 0 Å². The predicted molar refractivity (Wildman–Crippen MR) is 163 cm³/mol. The van der Waals surface area contributed by atoms with Crippen LogP contribution in [0.1, 0.15) is 0 Å². The van der Waals surface area contributed by atoms with Crippen LogP contribution in [0.5, 0.6) is 0 Å². The van der Waals surface area contributed by atoms with Crippen molar-refractivity contribution < 1.29 is 0 Å². The van der Waals surface area contributed by atoms with E-state index in [1.54, 1.807) is 0 Å². The SMILES string of the molecule is [C-]#[N+]c1ccc(-c2c3ccccc3c3c4cc5c(cc4c4cccc2c43)c2cccc3cccc5c32)cc1. The van der Waals surface area contributed by atoms with Crippen molar-refractivity contribution in [3.8, 4) is 11.1 Å². The van der Waals surface area contributed by atoms with Gasteiger partial charge in [0, 0.05) is 0 Å². The molecule has 0 saturated carbocycles. The van der Waals surface area contributed by atoms with Gasteiger partial charge in [0.1, 0.15) is 0 Å². The van der Waals surface area contributed by atoms with Gasteiger partial charge in [0.15, 0.2) is 5.69 Å². The van der Waals surface area contributed by atoms with Crippen molar-refractivity contribution in [3.05, 3.63) is 127 Å². The van der Waals surface area contributed by atoms with Crippen LogP contribution in [-0.2, 0) is 0 Å². The molecule has 1 heteroatoms. The van der Waals surface area contributed by atoms with Gasteiger partial charge in [0.05, 0.1) is 6.57 Å². The summed E-state index contributed by atoms with van der Waals surface area (Å²) in [5, 5.41) is 18.4. The summed E-state index contributed by atoms with van der Waals surface area (Å²) in [4.78, 5) is 3.61. The summed E-state index contributed by atoms with van der Waals surface area (Å²) >= 11 is 0. The molecule has 0 atom stereocenters. The minimum Gasteiger partial charge on any atom is -0.238 e. The van der Waals surface area contributed by atoms with E-state index in [0.717, 1.165) is 5.56 Å². The second-order valence-electron chi connectivity index (χ2n) is 10.3. The molecule has 0 aliphatic carbocycles. The highest BCUT2D eigenvalue weighted by atomic mass is 14.6. The van der Waals surface area contributed by atoms with Crippen molar-refractivity contribution in [1.29, 1.82) is 0 Å². The number of nitrogens with zero attached hydrogens (tertiary/aromatic N) is 1. The topological polar surface area (TPSA) is 4.36 Å². The van der Waals surface area contributed by atoms with Gasteiger partial charge in [-0.05, 0) is 98.7 Å². The van der Waals surface area contributed by atoms with E-state index in [0.29, 0.717) is 5.69 Å². The van der Waals surface area contributed by atoms with Gasteiger partial charge in [0.2, 0.25) is 0 Å². The van der Waals surface area contributed by atoms with Crippen LogP contribution in [0.2, 0.25) is 0 Å². The molecule has 0 fully saturated rings. The monoisotopic (exact) mass is 477 g/mol. The third-order valence-electron chi connectivity index (χ3n) is 8.54. The molecular formula is C37H19N. The van der Waals surface area contributed by atoms with Crippen molar-refractivity contribution in [2.45, 2.75) is 0 Å². The first kappa shape index (κ1) is 19.9. The highest BCUT2D eigenvalue weighted by Gasteiger charge is 2.21. The molecule has 9 aromatic rings. The molecule has 0 aliphatic rings. The highest BCUT2D eigenvalue weighted by molar-refractivity contribution is 6.42. The number of hydrogen-bond donors (Lipinski definition) is 0. The molecule has 0 saturated heterocycles. The van der Waals surface area contributed by atoms with E-state index in [9.17, 15) is 0 Å². The van der Waals surface area contributed by atoms with Crippen molar-refractivity contribution in [2.24, 2.45) is 0 Å². The molecular weight excluding hydrogens is 458 g/mol. The number of fused-ring (bicyclic) bond motifs is 8. The summed E-state index contributed by atoms with van der Waals surface area (Å²) in [6, 6.07) is 41.8. The number of hydrogen-bond acceptors (Lipinski definition) is 0. The fourth-order valence-corrected chi connectivity index (χ4v) is 7.01. The molecule has 9 aromatic carbocycles. The summed E-state index contributed by atoms with van der Waals surface area (Å²) in [5.41, 5.74) is 3.06. The standard InChI is InChI=1S/C37H19N/c1-38-23-17-15-22(16-18-23)35-24-9-2-3-10-25(24)37-33-20-31-27-12-5-8-21-7-4-11-26(34(21)27)30(31)19-32(33)28-13-6-14-29(35)36(28)37/h2-20H. The zero-order valence-corrected chi connectivity index (χ0v) is 20.4. The van der Waals surface area contributed by atoms with Gasteiger partial charge in [0.25, 0.3) is 0 Å². The molecule has 0 bridgehead atoms. The van der Waals surface area contributed by atoms with Gasteiger partial charge in [-0.3, -0.25) is 0 Å². The van der Waals surface area contributed by atoms with E-state index in [2.05, 4.69) is 108 Å². The van der Waals surface area contributed by atoms with Crippen molar-refractivity contribution in [1.82, 2.24) is 0 Å². The fraction of sp³-hybridized carbons (Fsp3) is 0. The van der Waals surface area contributed by atoms with Crippen LogP contribution < -0.4 is 0 Å². The van der Waals surface area contributed by atoms with Gasteiger partial charge in [-0.2, -0.15) is 0 Å². The Bertz CT molecular complexity index is 2430. The largest absolute Gasteiger partial charge is 0.238 e.